The summed E-state index contributed by atoms with van der Waals surface area (Å²) in [6.07, 6.45) is 5.46. The molecule has 114 valence electrons. The average Bonchev–Trinajstić information content (AvgIpc) is 3.14. The van der Waals surface area contributed by atoms with Crippen molar-refractivity contribution in [1.82, 2.24) is 20.4 Å². The molecule has 3 rings (SSSR count). The van der Waals surface area contributed by atoms with Crippen molar-refractivity contribution < 1.29 is 4.79 Å². The number of carbonyl (C=O) groups excluding carboxylic acids is 1. The predicted molar refractivity (Wildman–Crippen MR) is 89.6 cm³/mol. The number of benzene rings is 1. The minimum absolute atomic E-state index is 0.244. The molecule has 2 N–H and O–H groups in total. The number of nitrogens with one attached hydrogen (secondary N) is 2. The summed E-state index contributed by atoms with van der Waals surface area (Å²) >= 11 is 0. The van der Waals surface area contributed by atoms with Gasteiger partial charge in [0.2, 0.25) is 0 Å². The molecule has 0 fully saturated rings. The number of pyridine rings is 1. The van der Waals surface area contributed by atoms with E-state index in [0.717, 1.165) is 5.69 Å². The first-order valence-corrected chi connectivity index (χ1v) is 7.15. The minimum atomic E-state index is -0.244. The molecule has 0 bridgehead atoms. The van der Waals surface area contributed by atoms with Gasteiger partial charge in [0, 0.05) is 18.6 Å². The van der Waals surface area contributed by atoms with Crippen LogP contribution in [0.4, 0.5) is 0 Å². The van der Waals surface area contributed by atoms with Crippen molar-refractivity contribution in [3.8, 4) is 5.69 Å². The lowest BCUT2D eigenvalue weighted by Gasteiger charge is -2.13. The third kappa shape index (κ3) is 3.29. The number of para-hydroxylation sites is 1. The van der Waals surface area contributed by atoms with Crippen LogP contribution in [-0.2, 0) is 0 Å². The van der Waals surface area contributed by atoms with Gasteiger partial charge in [0.05, 0.1) is 22.6 Å². The predicted octanol–water partition coefficient (Wildman–Crippen LogP) is 2.78. The summed E-state index contributed by atoms with van der Waals surface area (Å²) in [4.78, 5) is 16.6. The first kappa shape index (κ1) is 14.6. The van der Waals surface area contributed by atoms with E-state index in [1.54, 1.807) is 12.3 Å². The Bertz CT molecular complexity index is 810. The maximum Gasteiger partial charge on any atom is 0.271 e. The Kier molecular flexibility index (Phi) is 4.20. The van der Waals surface area contributed by atoms with Gasteiger partial charge in [-0.25, -0.2) is 0 Å². The normalized spacial score (nSPS) is 10.1. The van der Waals surface area contributed by atoms with Gasteiger partial charge in [-0.15, -0.1) is 0 Å². The number of nitrogens with zero attached hydrogens (tertiary/aromatic N) is 2. The fraction of sp³-hybridized carbons (Fsp3) is 0. The quantitative estimate of drug-likeness (QED) is 0.713. The topological polar surface area (TPSA) is 58.9 Å². The van der Waals surface area contributed by atoms with Crippen LogP contribution < -0.4 is 10.9 Å². The monoisotopic (exact) mass is 304 g/mol. The summed E-state index contributed by atoms with van der Waals surface area (Å²) < 4.78 is 1.89. The molecule has 2 aromatic heterocycles. The Labute approximate surface area is 134 Å². The van der Waals surface area contributed by atoms with Crippen molar-refractivity contribution in [2.24, 2.45) is 0 Å². The van der Waals surface area contributed by atoms with Crippen molar-refractivity contribution in [1.29, 1.82) is 0 Å². The van der Waals surface area contributed by atoms with Crippen molar-refractivity contribution in [2.45, 2.75) is 0 Å². The molecule has 0 unspecified atom stereocenters. The molecule has 0 saturated carbocycles. The SMILES string of the molecule is C=C(NNC(=O)c1ccccc1-n1cccc1)c1ccccn1. The van der Waals surface area contributed by atoms with Crippen LogP contribution in [0.1, 0.15) is 16.1 Å². The van der Waals surface area contributed by atoms with Gasteiger partial charge in [-0.1, -0.05) is 24.8 Å². The molecule has 1 amide bonds. The van der Waals surface area contributed by atoms with Crippen LogP contribution in [0.3, 0.4) is 0 Å². The van der Waals surface area contributed by atoms with E-state index in [2.05, 4.69) is 22.4 Å². The summed E-state index contributed by atoms with van der Waals surface area (Å²) in [5.74, 6) is -0.244. The Balaban J connectivity index is 1.73. The molecule has 0 spiro atoms. The van der Waals surface area contributed by atoms with Gasteiger partial charge in [0.1, 0.15) is 0 Å². The highest BCUT2D eigenvalue weighted by Gasteiger charge is 2.12. The van der Waals surface area contributed by atoms with Gasteiger partial charge >= 0.3 is 0 Å². The van der Waals surface area contributed by atoms with E-state index in [1.165, 1.54) is 0 Å². The van der Waals surface area contributed by atoms with E-state index in [1.807, 2.05) is 65.5 Å². The smallest absolute Gasteiger partial charge is 0.271 e. The summed E-state index contributed by atoms with van der Waals surface area (Å²) in [7, 11) is 0. The third-order valence-electron chi connectivity index (χ3n) is 3.33. The van der Waals surface area contributed by atoms with Crippen LogP contribution in [0.25, 0.3) is 11.4 Å². The van der Waals surface area contributed by atoms with E-state index >= 15 is 0 Å². The van der Waals surface area contributed by atoms with Crippen molar-refractivity contribution >= 4 is 11.6 Å². The summed E-state index contributed by atoms with van der Waals surface area (Å²) in [5.41, 5.74) is 8.03. The molecule has 5 heteroatoms. The highest BCUT2D eigenvalue weighted by atomic mass is 16.2. The summed E-state index contributed by atoms with van der Waals surface area (Å²) in [6.45, 7) is 3.87. The number of hydrazine groups is 1. The van der Waals surface area contributed by atoms with Gasteiger partial charge < -0.3 is 4.57 Å². The maximum absolute atomic E-state index is 12.4. The van der Waals surface area contributed by atoms with E-state index in [9.17, 15) is 4.79 Å². The number of hydrogen-bond acceptors (Lipinski definition) is 3. The van der Waals surface area contributed by atoms with Gasteiger partial charge in [-0.3, -0.25) is 20.6 Å². The largest absolute Gasteiger partial charge is 0.323 e. The minimum Gasteiger partial charge on any atom is -0.323 e. The highest BCUT2D eigenvalue weighted by Crippen LogP contribution is 2.14. The van der Waals surface area contributed by atoms with Gasteiger partial charge in [-0.05, 0) is 36.4 Å². The van der Waals surface area contributed by atoms with Crippen LogP contribution >= 0.6 is 0 Å². The summed E-state index contributed by atoms with van der Waals surface area (Å²) in [6, 6.07) is 16.7. The Morgan fingerprint density at radius 3 is 2.43 bits per heavy atom. The van der Waals surface area contributed by atoms with Gasteiger partial charge in [0.25, 0.3) is 5.91 Å². The van der Waals surface area contributed by atoms with E-state index in [-0.39, 0.29) is 5.91 Å². The first-order chi connectivity index (χ1) is 11.3. The molecule has 0 atom stereocenters. The zero-order valence-electron chi connectivity index (χ0n) is 12.4. The number of hydrogen-bond donors (Lipinski definition) is 2. The first-order valence-electron chi connectivity index (χ1n) is 7.15. The van der Waals surface area contributed by atoms with Crippen LogP contribution in [0.5, 0.6) is 0 Å². The molecule has 0 aliphatic heterocycles. The fourth-order valence-electron chi connectivity index (χ4n) is 2.19. The molecule has 0 aliphatic carbocycles. The lowest BCUT2D eigenvalue weighted by Crippen LogP contribution is -2.36. The lowest BCUT2D eigenvalue weighted by atomic mass is 10.1. The summed E-state index contributed by atoms with van der Waals surface area (Å²) in [5, 5.41) is 0. The molecular formula is C18H16N4O. The van der Waals surface area contributed by atoms with E-state index in [0.29, 0.717) is 17.0 Å². The highest BCUT2D eigenvalue weighted by molar-refractivity contribution is 5.97. The molecular weight excluding hydrogens is 288 g/mol. The van der Waals surface area contributed by atoms with Crippen molar-refractivity contribution in [2.75, 3.05) is 0 Å². The average molecular weight is 304 g/mol. The van der Waals surface area contributed by atoms with Crippen LogP contribution in [0.15, 0.2) is 79.8 Å². The van der Waals surface area contributed by atoms with Gasteiger partial charge in [-0.2, -0.15) is 0 Å². The molecule has 2 heterocycles. The number of amides is 1. The van der Waals surface area contributed by atoms with Crippen LogP contribution in [0, 0.1) is 0 Å². The van der Waals surface area contributed by atoms with E-state index in [4.69, 9.17) is 0 Å². The second-order valence-corrected chi connectivity index (χ2v) is 4.88. The maximum atomic E-state index is 12.4. The number of carbonyl (C=O) groups is 1. The van der Waals surface area contributed by atoms with Crippen LogP contribution in [0.2, 0.25) is 0 Å². The zero-order chi connectivity index (χ0) is 16.1. The number of aromatic nitrogens is 2. The molecule has 0 saturated heterocycles. The van der Waals surface area contributed by atoms with Crippen LogP contribution in [-0.4, -0.2) is 15.5 Å². The number of rotatable bonds is 5. The standard InChI is InChI=1S/C18H16N4O/c1-14(16-9-4-5-11-19-16)20-21-18(23)15-8-2-3-10-17(15)22-12-6-7-13-22/h2-13,20H,1H2,(H,21,23). The Morgan fingerprint density at radius 1 is 0.957 bits per heavy atom. The zero-order valence-corrected chi connectivity index (χ0v) is 12.4. The van der Waals surface area contributed by atoms with Crippen molar-refractivity contribution in [3.05, 3.63) is 91.0 Å². The second-order valence-electron chi connectivity index (χ2n) is 4.88. The third-order valence-corrected chi connectivity index (χ3v) is 3.33. The molecule has 0 aliphatic rings. The van der Waals surface area contributed by atoms with Crippen molar-refractivity contribution in [3.63, 3.8) is 0 Å². The molecule has 0 radical (unpaired) electrons. The molecule has 1 aromatic carbocycles. The second kappa shape index (κ2) is 6.62. The van der Waals surface area contributed by atoms with Gasteiger partial charge in [0.15, 0.2) is 0 Å². The molecule has 5 nitrogen and oxygen atoms in total. The Morgan fingerprint density at radius 2 is 1.70 bits per heavy atom. The lowest BCUT2D eigenvalue weighted by molar-refractivity contribution is 0.0942. The molecule has 3 aromatic rings. The van der Waals surface area contributed by atoms with E-state index < -0.39 is 0 Å². The molecule has 23 heavy (non-hydrogen) atoms. The fourth-order valence-corrected chi connectivity index (χ4v) is 2.19. The Hall–Kier alpha value is -3.34.